The van der Waals surface area contributed by atoms with Crippen LogP contribution in [0.25, 0.3) is 0 Å². The molecule has 0 spiro atoms. The number of amides is 1. The van der Waals surface area contributed by atoms with Gasteiger partial charge < -0.3 is 15.4 Å². The minimum Gasteiger partial charge on any atom is -0.488 e. The molecule has 172 valence electrons. The summed E-state index contributed by atoms with van der Waals surface area (Å²) in [5.74, 6) is 1.26. The van der Waals surface area contributed by atoms with Gasteiger partial charge in [-0.15, -0.1) is 11.7 Å². The van der Waals surface area contributed by atoms with Crippen LogP contribution in [0.2, 0.25) is 0 Å². The number of nitrogens with one attached hydrogen (secondary N) is 2. The molecule has 2 aliphatic rings. The molecule has 0 aliphatic carbocycles. The van der Waals surface area contributed by atoms with Crippen LogP contribution in [0.1, 0.15) is 28.9 Å². The fraction of sp³-hybridized carbons (Fsp3) is 0.154. The van der Waals surface area contributed by atoms with Crippen LogP contribution in [0.3, 0.4) is 0 Å². The van der Waals surface area contributed by atoms with Crippen LogP contribution in [0.5, 0.6) is 5.75 Å². The Bertz CT molecular complexity index is 1250. The van der Waals surface area contributed by atoms with Crippen molar-refractivity contribution in [2.75, 3.05) is 11.1 Å². The lowest BCUT2D eigenvalue weighted by Crippen LogP contribution is -2.51. The Labute approximate surface area is 211 Å². The first-order valence-corrected chi connectivity index (χ1v) is 12.6. The molecule has 2 aliphatic heterocycles. The quantitative estimate of drug-likeness (QED) is 0.390. The third kappa shape index (κ3) is 4.56. The van der Waals surface area contributed by atoms with Gasteiger partial charge in [0.05, 0.1) is 0 Å². The molecule has 34 heavy (non-hydrogen) atoms. The number of hydrogen-bond acceptors (Lipinski definition) is 6. The molecule has 3 aromatic rings. The SMILES string of the molecule is C=CCSC1=NN2[C@@H](c3cc(Br)ccc3OCc3ccccc3)Nc3ccccc3[C@@H]2C(=O)N1. The lowest BCUT2D eigenvalue weighted by atomic mass is 9.97. The Balaban J connectivity index is 1.56. The maximum absolute atomic E-state index is 13.3. The zero-order valence-corrected chi connectivity index (χ0v) is 20.7. The molecule has 0 aromatic heterocycles. The van der Waals surface area contributed by atoms with Crippen LogP contribution in [0.4, 0.5) is 5.69 Å². The van der Waals surface area contributed by atoms with Crippen LogP contribution in [0, 0.1) is 0 Å². The standard InChI is InChI=1S/C26H23BrN4O2S/c1-2-14-34-26-29-25(32)23-19-10-6-7-11-21(19)28-24(31(23)30-26)20-15-18(27)12-13-22(20)33-16-17-8-4-3-5-9-17/h2-13,15,23-24,28H,1,14,16H2,(H,29,30,32)/t23-,24+/m1/s1. The number of hydrazone groups is 1. The Hall–Kier alpha value is -3.23. The molecule has 0 bridgehead atoms. The van der Waals surface area contributed by atoms with Crippen molar-refractivity contribution >= 4 is 44.5 Å². The van der Waals surface area contributed by atoms with E-state index in [9.17, 15) is 4.79 Å². The van der Waals surface area contributed by atoms with Crippen molar-refractivity contribution in [3.63, 3.8) is 0 Å². The highest BCUT2D eigenvalue weighted by Gasteiger charge is 2.42. The summed E-state index contributed by atoms with van der Waals surface area (Å²) in [4.78, 5) is 13.3. The lowest BCUT2D eigenvalue weighted by molar-refractivity contribution is -0.127. The summed E-state index contributed by atoms with van der Waals surface area (Å²) in [5.41, 5.74) is 3.75. The molecule has 0 unspecified atom stereocenters. The van der Waals surface area contributed by atoms with E-state index in [0.717, 1.165) is 32.6 Å². The van der Waals surface area contributed by atoms with E-state index in [1.807, 2.05) is 77.8 Å². The van der Waals surface area contributed by atoms with Crippen LogP contribution in [-0.4, -0.2) is 21.8 Å². The number of amidine groups is 1. The van der Waals surface area contributed by atoms with Gasteiger partial charge in [0.2, 0.25) is 0 Å². The first kappa shape index (κ1) is 22.6. The molecule has 0 radical (unpaired) electrons. The van der Waals surface area contributed by atoms with Crippen molar-refractivity contribution in [3.8, 4) is 5.75 Å². The van der Waals surface area contributed by atoms with Gasteiger partial charge in [-0.1, -0.05) is 82.3 Å². The Kier molecular flexibility index (Phi) is 6.60. The molecule has 2 heterocycles. The number of rotatable bonds is 6. The van der Waals surface area contributed by atoms with Gasteiger partial charge in [0.25, 0.3) is 5.91 Å². The molecular formula is C26H23BrN4O2S. The second-order valence-corrected chi connectivity index (χ2v) is 9.79. The predicted molar refractivity (Wildman–Crippen MR) is 141 cm³/mol. The fourth-order valence-electron chi connectivity index (χ4n) is 4.08. The van der Waals surface area contributed by atoms with E-state index in [1.54, 1.807) is 6.08 Å². The Morgan fingerprint density at radius 3 is 2.71 bits per heavy atom. The molecule has 1 amide bonds. The van der Waals surface area contributed by atoms with Crippen molar-refractivity contribution in [2.24, 2.45) is 5.10 Å². The monoisotopic (exact) mass is 534 g/mol. The molecule has 5 rings (SSSR count). The minimum absolute atomic E-state index is 0.109. The Morgan fingerprint density at radius 1 is 1.09 bits per heavy atom. The molecule has 0 saturated heterocycles. The number of fused-ring (bicyclic) bond motifs is 3. The summed E-state index contributed by atoms with van der Waals surface area (Å²) in [6.07, 6.45) is 1.38. The highest BCUT2D eigenvalue weighted by molar-refractivity contribution is 9.10. The molecule has 0 fully saturated rings. The number of carbonyl (C=O) groups is 1. The van der Waals surface area contributed by atoms with Gasteiger partial charge in [0, 0.05) is 27.0 Å². The predicted octanol–water partition coefficient (Wildman–Crippen LogP) is 5.82. The maximum atomic E-state index is 13.3. The Morgan fingerprint density at radius 2 is 1.88 bits per heavy atom. The molecule has 8 heteroatoms. The molecule has 2 atom stereocenters. The second-order valence-electron chi connectivity index (χ2n) is 7.87. The van der Waals surface area contributed by atoms with Crippen molar-refractivity contribution in [3.05, 3.63) is 107 Å². The molecule has 6 nitrogen and oxygen atoms in total. The third-order valence-electron chi connectivity index (χ3n) is 5.60. The number of halogens is 1. The van der Waals surface area contributed by atoms with E-state index in [-0.39, 0.29) is 5.91 Å². The van der Waals surface area contributed by atoms with Gasteiger partial charge in [0.15, 0.2) is 11.2 Å². The molecule has 2 N–H and O–H groups in total. The van der Waals surface area contributed by atoms with E-state index in [4.69, 9.17) is 9.84 Å². The number of para-hydroxylation sites is 1. The van der Waals surface area contributed by atoms with E-state index in [0.29, 0.717) is 17.5 Å². The summed E-state index contributed by atoms with van der Waals surface area (Å²) in [5, 5.41) is 13.8. The van der Waals surface area contributed by atoms with Crippen LogP contribution in [-0.2, 0) is 11.4 Å². The number of nitrogens with zero attached hydrogens (tertiary/aromatic N) is 2. The molecule has 0 saturated carbocycles. The summed E-state index contributed by atoms with van der Waals surface area (Å²) >= 11 is 5.04. The van der Waals surface area contributed by atoms with Gasteiger partial charge in [0.1, 0.15) is 18.5 Å². The van der Waals surface area contributed by atoms with Crippen LogP contribution >= 0.6 is 27.7 Å². The maximum Gasteiger partial charge on any atom is 0.255 e. The number of thioether (sulfide) groups is 1. The highest BCUT2D eigenvalue weighted by atomic mass is 79.9. The number of anilines is 1. The van der Waals surface area contributed by atoms with E-state index >= 15 is 0 Å². The summed E-state index contributed by atoms with van der Waals surface area (Å²) in [6.45, 7) is 4.21. The molecule has 3 aromatic carbocycles. The van der Waals surface area contributed by atoms with Gasteiger partial charge in [-0.2, -0.15) is 0 Å². The third-order valence-corrected chi connectivity index (χ3v) is 6.96. The zero-order valence-electron chi connectivity index (χ0n) is 18.3. The van der Waals surface area contributed by atoms with Gasteiger partial charge >= 0.3 is 0 Å². The zero-order chi connectivity index (χ0) is 23.5. The highest BCUT2D eigenvalue weighted by Crippen LogP contribution is 2.45. The lowest BCUT2D eigenvalue weighted by Gasteiger charge is -2.44. The summed E-state index contributed by atoms with van der Waals surface area (Å²) < 4.78 is 7.18. The van der Waals surface area contributed by atoms with E-state index in [2.05, 4.69) is 33.1 Å². The average molecular weight is 535 g/mol. The average Bonchev–Trinajstić information content (AvgIpc) is 2.86. The van der Waals surface area contributed by atoms with Crippen LogP contribution < -0.4 is 15.4 Å². The topological polar surface area (TPSA) is 66.0 Å². The summed E-state index contributed by atoms with van der Waals surface area (Å²) in [7, 11) is 0. The van der Waals surface area contributed by atoms with Crippen LogP contribution in [0.15, 0.2) is 95.0 Å². The first-order valence-electron chi connectivity index (χ1n) is 10.9. The van der Waals surface area contributed by atoms with E-state index < -0.39 is 12.2 Å². The van der Waals surface area contributed by atoms with Crippen molar-refractivity contribution in [2.45, 2.75) is 18.8 Å². The van der Waals surface area contributed by atoms with Gasteiger partial charge in [-0.05, 0) is 29.8 Å². The minimum atomic E-state index is -0.559. The number of carbonyl (C=O) groups excluding carboxylic acids is 1. The van der Waals surface area contributed by atoms with E-state index in [1.165, 1.54) is 11.8 Å². The first-order chi connectivity index (χ1) is 16.6. The van der Waals surface area contributed by atoms with Crippen molar-refractivity contribution in [1.82, 2.24) is 10.3 Å². The number of benzene rings is 3. The van der Waals surface area contributed by atoms with Gasteiger partial charge in [-0.25, -0.2) is 0 Å². The summed E-state index contributed by atoms with van der Waals surface area (Å²) in [6, 6.07) is 23.2. The normalized spacial score (nSPS) is 18.7. The van der Waals surface area contributed by atoms with Crippen molar-refractivity contribution in [1.29, 1.82) is 0 Å². The number of hydrogen-bond donors (Lipinski definition) is 2. The largest absolute Gasteiger partial charge is 0.488 e. The number of ether oxygens (including phenoxy) is 1. The smallest absolute Gasteiger partial charge is 0.255 e. The second kappa shape index (κ2) is 9.95. The fourth-order valence-corrected chi connectivity index (χ4v) is 5.05. The van der Waals surface area contributed by atoms with Crippen molar-refractivity contribution < 1.29 is 9.53 Å². The molecular weight excluding hydrogens is 512 g/mol. The van der Waals surface area contributed by atoms with Gasteiger partial charge in [-0.3, -0.25) is 9.80 Å².